The fourth-order valence-electron chi connectivity index (χ4n) is 2.42. The Morgan fingerprint density at radius 3 is 2.64 bits per heavy atom. The predicted molar refractivity (Wildman–Crippen MR) is 85.7 cm³/mol. The van der Waals surface area contributed by atoms with Crippen molar-refractivity contribution in [2.24, 2.45) is 0 Å². The Balaban J connectivity index is 1.83. The van der Waals surface area contributed by atoms with E-state index in [0.29, 0.717) is 0 Å². The maximum atomic E-state index is 4.64. The molecule has 0 N–H and O–H groups in total. The van der Waals surface area contributed by atoms with Gasteiger partial charge in [0.2, 0.25) is 4.96 Å². The molecule has 0 bridgehead atoms. The molecule has 1 aromatic carbocycles. The lowest BCUT2D eigenvalue weighted by molar-refractivity contribution is 0.641. The van der Waals surface area contributed by atoms with E-state index in [-0.39, 0.29) is 0 Å². The highest BCUT2D eigenvalue weighted by molar-refractivity contribution is 7.19. The van der Waals surface area contributed by atoms with Gasteiger partial charge in [-0.05, 0) is 19.9 Å². The van der Waals surface area contributed by atoms with Gasteiger partial charge in [-0.1, -0.05) is 41.7 Å². The Morgan fingerprint density at radius 1 is 1.09 bits per heavy atom. The first-order chi connectivity index (χ1) is 10.8. The average Bonchev–Trinajstić information content (AvgIpc) is 3.21. The summed E-state index contributed by atoms with van der Waals surface area (Å²) in [5.41, 5.74) is 3.02. The van der Waals surface area contributed by atoms with Crippen molar-refractivity contribution in [3.63, 3.8) is 0 Å². The molecule has 0 aliphatic carbocycles. The van der Waals surface area contributed by atoms with Crippen molar-refractivity contribution in [2.45, 2.75) is 20.4 Å². The second-order valence-electron chi connectivity index (χ2n) is 4.98. The normalized spacial score (nSPS) is 11.4. The van der Waals surface area contributed by atoms with Gasteiger partial charge in [-0.2, -0.15) is 14.7 Å². The predicted octanol–water partition coefficient (Wildman–Crippen LogP) is 3.04. The van der Waals surface area contributed by atoms with E-state index in [1.807, 2.05) is 35.0 Å². The average molecular weight is 310 g/mol. The number of hydrogen-bond donors (Lipinski definition) is 0. The van der Waals surface area contributed by atoms with Crippen LogP contribution in [0.5, 0.6) is 0 Å². The van der Waals surface area contributed by atoms with Crippen molar-refractivity contribution in [3.8, 4) is 22.1 Å². The summed E-state index contributed by atoms with van der Waals surface area (Å²) in [5.74, 6) is 0.754. The maximum absolute atomic E-state index is 4.64. The largest absolute Gasteiger partial charge is 0.269 e. The van der Waals surface area contributed by atoms with E-state index in [4.69, 9.17) is 0 Å². The summed E-state index contributed by atoms with van der Waals surface area (Å²) < 4.78 is 3.76. The molecule has 3 heterocycles. The Hall–Kier alpha value is -2.54. The fraction of sp³-hybridized carbons (Fsp3) is 0.200. The van der Waals surface area contributed by atoms with Gasteiger partial charge in [0.15, 0.2) is 10.8 Å². The number of aryl methyl sites for hydroxylation is 2. The van der Waals surface area contributed by atoms with Crippen molar-refractivity contribution < 1.29 is 0 Å². The molecule has 7 heteroatoms. The summed E-state index contributed by atoms with van der Waals surface area (Å²) in [6.07, 6.45) is 0. The number of aromatic nitrogens is 6. The molecule has 0 radical (unpaired) electrons. The quantitative estimate of drug-likeness (QED) is 0.583. The van der Waals surface area contributed by atoms with Crippen LogP contribution in [0.2, 0.25) is 0 Å². The number of benzene rings is 1. The Labute approximate surface area is 131 Å². The van der Waals surface area contributed by atoms with Crippen LogP contribution in [-0.4, -0.2) is 29.6 Å². The zero-order valence-electron chi connectivity index (χ0n) is 12.3. The lowest BCUT2D eigenvalue weighted by Gasteiger charge is -1.96. The van der Waals surface area contributed by atoms with Crippen LogP contribution >= 0.6 is 11.3 Å². The molecule has 0 atom stereocenters. The molecule has 3 aromatic heterocycles. The maximum Gasteiger partial charge on any atom is 0.235 e. The fourth-order valence-corrected chi connectivity index (χ4v) is 3.22. The van der Waals surface area contributed by atoms with Gasteiger partial charge in [0.25, 0.3) is 0 Å². The van der Waals surface area contributed by atoms with Crippen LogP contribution in [0.25, 0.3) is 27.1 Å². The smallest absolute Gasteiger partial charge is 0.235 e. The molecule has 4 rings (SSSR count). The molecule has 0 spiro atoms. The number of rotatable bonds is 3. The summed E-state index contributed by atoms with van der Waals surface area (Å²) in [6.45, 7) is 4.98. The highest BCUT2D eigenvalue weighted by atomic mass is 32.1. The first-order valence-electron chi connectivity index (χ1n) is 7.08. The summed E-state index contributed by atoms with van der Waals surface area (Å²) >= 11 is 1.50. The molecular formula is C15H14N6S. The summed E-state index contributed by atoms with van der Waals surface area (Å²) in [5, 5.41) is 18.5. The molecule has 0 saturated heterocycles. The van der Waals surface area contributed by atoms with Crippen LogP contribution in [0.15, 0.2) is 36.4 Å². The topological polar surface area (TPSA) is 60.9 Å². The van der Waals surface area contributed by atoms with Crippen LogP contribution in [0.1, 0.15) is 12.6 Å². The number of nitrogens with zero attached hydrogens (tertiary/aromatic N) is 6. The van der Waals surface area contributed by atoms with Gasteiger partial charge in [0.1, 0.15) is 5.69 Å². The minimum atomic E-state index is 0.754. The van der Waals surface area contributed by atoms with Crippen LogP contribution < -0.4 is 0 Å². The molecule has 0 amide bonds. The van der Waals surface area contributed by atoms with Gasteiger partial charge in [0, 0.05) is 17.8 Å². The first kappa shape index (κ1) is 13.1. The lowest BCUT2D eigenvalue weighted by Crippen LogP contribution is -1.98. The summed E-state index contributed by atoms with van der Waals surface area (Å²) in [7, 11) is 0. The molecule has 0 aliphatic heterocycles. The van der Waals surface area contributed by atoms with Gasteiger partial charge in [0.05, 0.1) is 0 Å². The third-order valence-corrected chi connectivity index (χ3v) is 4.44. The number of fused-ring (bicyclic) bond motifs is 1. The molecular weight excluding hydrogens is 296 g/mol. The summed E-state index contributed by atoms with van der Waals surface area (Å²) in [6, 6.07) is 12.0. The van der Waals surface area contributed by atoms with Crippen LogP contribution in [-0.2, 0) is 6.54 Å². The highest BCUT2D eigenvalue weighted by Gasteiger charge is 2.16. The third kappa shape index (κ3) is 2.01. The SMILES string of the molecule is CCn1nc(-c2nn3c(-c4ccccc4)nnc3s2)cc1C. The molecule has 0 fully saturated rings. The standard InChI is InChI=1S/C15H14N6S/c1-3-20-10(2)9-12(18-20)14-19-21-13(16-17-15(21)22-14)11-7-5-4-6-8-11/h4-9H,3H2,1-2H3. The molecule has 0 unspecified atom stereocenters. The van der Waals surface area contributed by atoms with Crippen molar-refractivity contribution in [2.75, 3.05) is 0 Å². The van der Waals surface area contributed by atoms with Gasteiger partial charge < -0.3 is 0 Å². The van der Waals surface area contributed by atoms with E-state index in [0.717, 1.165) is 39.3 Å². The van der Waals surface area contributed by atoms with Crippen LogP contribution in [0, 0.1) is 6.92 Å². The van der Waals surface area contributed by atoms with E-state index in [2.05, 4.69) is 40.3 Å². The van der Waals surface area contributed by atoms with Crippen molar-refractivity contribution in [1.82, 2.24) is 29.6 Å². The minimum absolute atomic E-state index is 0.754. The van der Waals surface area contributed by atoms with Gasteiger partial charge in [-0.15, -0.1) is 10.2 Å². The molecule has 0 aliphatic rings. The van der Waals surface area contributed by atoms with Gasteiger partial charge in [-0.3, -0.25) is 4.68 Å². The second kappa shape index (κ2) is 5.03. The number of hydrogen-bond acceptors (Lipinski definition) is 5. The molecule has 0 saturated carbocycles. The Morgan fingerprint density at radius 2 is 1.91 bits per heavy atom. The van der Waals surface area contributed by atoms with Crippen molar-refractivity contribution in [1.29, 1.82) is 0 Å². The lowest BCUT2D eigenvalue weighted by atomic mass is 10.2. The van der Waals surface area contributed by atoms with E-state index < -0.39 is 0 Å². The van der Waals surface area contributed by atoms with E-state index >= 15 is 0 Å². The molecule has 6 nitrogen and oxygen atoms in total. The first-order valence-corrected chi connectivity index (χ1v) is 7.90. The van der Waals surface area contributed by atoms with Crippen LogP contribution in [0.3, 0.4) is 0 Å². The van der Waals surface area contributed by atoms with E-state index in [1.165, 1.54) is 11.3 Å². The van der Waals surface area contributed by atoms with E-state index in [1.54, 1.807) is 4.52 Å². The van der Waals surface area contributed by atoms with Gasteiger partial charge in [-0.25, -0.2) is 0 Å². The monoisotopic (exact) mass is 310 g/mol. The third-order valence-electron chi connectivity index (χ3n) is 3.52. The summed E-state index contributed by atoms with van der Waals surface area (Å²) in [4.78, 5) is 0.776. The van der Waals surface area contributed by atoms with Crippen LogP contribution in [0.4, 0.5) is 0 Å². The Kier molecular flexibility index (Phi) is 3.00. The highest BCUT2D eigenvalue weighted by Crippen LogP contribution is 2.27. The zero-order valence-corrected chi connectivity index (χ0v) is 13.1. The van der Waals surface area contributed by atoms with E-state index in [9.17, 15) is 0 Å². The minimum Gasteiger partial charge on any atom is -0.269 e. The molecule has 110 valence electrons. The molecule has 22 heavy (non-hydrogen) atoms. The van der Waals surface area contributed by atoms with Crippen molar-refractivity contribution in [3.05, 3.63) is 42.1 Å². The second-order valence-corrected chi connectivity index (χ2v) is 5.93. The van der Waals surface area contributed by atoms with Crippen molar-refractivity contribution >= 4 is 16.3 Å². The molecule has 4 aromatic rings. The van der Waals surface area contributed by atoms with Gasteiger partial charge >= 0.3 is 0 Å². The zero-order chi connectivity index (χ0) is 15.1. The Bertz CT molecular complexity index is 934.